The second-order valence-electron chi connectivity index (χ2n) is 8.93. The maximum atomic E-state index is 13.8. The number of hydrogen-bond donors (Lipinski definition) is 1. The number of halogens is 1. The number of para-hydroxylation sites is 1. The minimum atomic E-state index is -0.657. The standard InChI is InChI=1S/C26H25ClN4O3/c1-29-25(33)34-20-14-26(15-20)21-6-2-3-7-23(21)31(24(26)32)16-19-13-17-12-18(27)8-9-22(17)30(19)11-5-4-10-28/h2-3,6-9,12-13,20H,4-5,11,14-16H2,1H3,(H,29,33)/t20-,26-. The Bertz CT molecular complexity index is 1320. The Hall–Kier alpha value is -3.50. The number of ether oxygens (including phenoxy) is 1. The minimum Gasteiger partial charge on any atom is -0.446 e. The van der Waals surface area contributed by atoms with E-state index in [4.69, 9.17) is 21.6 Å². The number of hydrogen-bond acceptors (Lipinski definition) is 4. The number of anilines is 1. The van der Waals surface area contributed by atoms with Gasteiger partial charge in [-0.2, -0.15) is 5.26 Å². The Kier molecular flexibility index (Phi) is 5.70. The van der Waals surface area contributed by atoms with Gasteiger partial charge in [-0.15, -0.1) is 0 Å². The molecule has 5 rings (SSSR count). The van der Waals surface area contributed by atoms with E-state index in [1.165, 1.54) is 7.05 Å². The molecule has 0 unspecified atom stereocenters. The molecule has 2 amide bonds. The molecule has 2 aliphatic rings. The molecule has 1 spiro atoms. The van der Waals surface area contributed by atoms with Crippen LogP contribution in [0, 0.1) is 11.3 Å². The Morgan fingerprint density at radius 2 is 2.06 bits per heavy atom. The van der Waals surface area contributed by atoms with Crippen molar-refractivity contribution in [2.75, 3.05) is 11.9 Å². The number of aryl methyl sites for hydroxylation is 1. The normalized spacial score (nSPS) is 20.8. The van der Waals surface area contributed by atoms with Gasteiger partial charge >= 0.3 is 6.09 Å². The van der Waals surface area contributed by atoms with Crippen LogP contribution >= 0.6 is 11.6 Å². The highest BCUT2D eigenvalue weighted by Crippen LogP contribution is 2.54. The van der Waals surface area contributed by atoms with Crippen LogP contribution in [0.4, 0.5) is 10.5 Å². The largest absolute Gasteiger partial charge is 0.446 e. The molecular formula is C26H25ClN4O3. The molecule has 2 aromatic carbocycles. The van der Waals surface area contributed by atoms with Gasteiger partial charge in [-0.1, -0.05) is 29.8 Å². The van der Waals surface area contributed by atoms with Crippen LogP contribution in [0.25, 0.3) is 10.9 Å². The fourth-order valence-electron chi connectivity index (χ4n) is 5.33. The van der Waals surface area contributed by atoms with Gasteiger partial charge in [0.2, 0.25) is 5.91 Å². The minimum absolute atomic E-state index is 0.0392. The average Bonchev–Trinajstić information content (AvgIpc) is 3.26. The highest BCUT2D eigenvalue weighted by atomic mass is 35.5. The van der Waals surface area contributed by atoms with E-state index in [0.29, 0.717) is 37.4 Å². The lowest BCUT2D eigenvalue weighted by Gasteiger charge is -2.43. The van der Waals surface area contributed by atoms with Gasteiger partial charge in [0.05, 0.1) is 18.0 Å². The number of carbonyl (C=O) groups excluding carboxylic acids is 2. The van der Waals surface area contributed by atoms with Crippen molar-refractivity contribution in [1.82, 2.24) is 9.88 Å². The number of unbranched alkanes of at least 4 members (excludes halogenated alkanes) is 1. The summed E-state index contributed by atoms with van der Waals surface area (Å²) in [6.45, 7) is 1.10. The first kappa shape index (κ1) is 22.3. The summed E-state index contributed by atoms with van der Waals surface area (Å²) in [6.07, 6.45) is 1.39. The van der Waals surface area contributed by atoms with Crippen LogP contribution in [0.1, 0.15) is 36.9 Å². The van der Waals surface area contributed by atoms with Crippen LogP contribution in [0.15, 0.2) is 48.5 Å². The molecule has 174 valence electrons. The molecule has 2 heterocycles. The van der Waals surface area contributed by atoms with Crippen LogP contribution in [0.3, 0.4) is 0 Å². The quantitative estimate of drug-likeness (QED) is 0.512. The van der Waals surface area contributed by atoms with Gasteiger partial charge in [0, 0.05) is 60.2 Å². The fourth-order valence-corrected chi connectivity index (χ4v) is 5.51. The van der Waals surface area contributed by atoms with Crippen LogP contribution in [0.2, 0.25) is 5.02 Å². The summed E-state index contributed by atoms with van der Waals surface area (Å²) in [4.78, 5) is 27.3. The predicted octanol–water partition coefficient (Wildman–Crippen LogP) is 4.90. The van der Waals surface area contributed by atoms with E-state index in [-0.39, 0.29) is 12.0 Å². The summed E-state index contributed by atoms with van der Waals surface area (Å²) in [5, 5.41) is 13.1. The highest BCUT2D eigenvalue weighted by Gasteiger charge is 2.59. The lowest BCUT2D eigenvalue weighted by atomic mass is 9.63. The van der Waals surface area contributed by atoms with Crippen molar-refractivity contribution >= 4 is 40.2 Å². The van der Waals surface area contributed by atoms with Gasteiger partial charge in [-0.25, -0.2) is 4.79 Å². The summed E-state index contributed by atoms with van der Waals surface area (Å²) in [7, 11) is 1.53. The average molecular weight is 477 g/mol. The smallest absolute Gasteiger partial charge is 0.407 e. The van der Waals surface area contributed by atoms with Gasteiger partial charge in [-0.3, -0.25) is 4.79 Å². The summed E-state index contributed by atoms with van der Waals surface area (Å²) in [5.41, 5.74) is 3.27. The summed E-state index contributed by atoms with van der Waals surface area (Å²) >= 11 is 6.23. The first-order valence-electron chi connectivity index (χ1n) is 11.4. The third-order valence-electron chi connectivity index (χ3n) is 6.93. The molecule has 0 atom stereocenters. The molecule has 1 fully saturated rings. The van der Waals surface area contributed by atoms with E-state index in [0.717, 1.165) is 34.3 Å². The number of carbonyl (C=O) groups is 2. The summed E-state index contributed by atoms with van der Waals surface area (Å²) in [5.74, 6) is 0.0392. The highest BCUT2D eigenvalue weighted by molar-refractivity contribution is 6.31. The van der Waals surface area contributed by atoms with Crippen molar-refractivity contribution in [3.8, 4) is 6.07 Å². The molecule has 1 N–H and O–H groups in total. The van der Waals surface area contributed by atoms with Crippen LogP contribution in [-0.2, 0) is 28.0 Å². The summed E-state index contributed by atoms with van der Waals surface area (Å²) in [6, 6.07) is 17.9. The molecule has 1 aliphatic heterocycles. The third kappa shape index (κ3) is 3.59. The fraction of sp³-hybridized carbons (Fsp3) is 0.346. The number of rotatable bonds is 6. The summed E-state index contributed by atoms with van der Waals surface area (Å²) < 4.78 is 7.58. The topological polar surface area (TPSA) is 87.4 Å². The van der Waals surface area contributed by atoms with Gasteiger partial charge in [0.1, 0.15) is 6.10 Å². The lowest BCUT2D eigenvalue weighted by Crippen LogP contribution is -2.53. The monoisotopic (exact) mass is 476 g/mol. The first-order valence-corrected chi connectivity index (χ1v) is 11.8. The second kappa shape index (κ2) is 8.69. The van der Waals surface area contributed by atoms with Crippen molar-refractivity contribution in [3.63, 3.8) is 0 Å². The van der Waals surface area contributed by atoms with Crippen molar-refractivity contribution in [2.24, 2.45) is 0 Å². The van der Waals surface area contributed by atoms with Crippen molar-refractivity contribution < 1.29 is 14.3 Å². The molecule has 1 saturated carbocycles. The Morgan fingerprint density at radius 1 is 1.26 bits per heavy atom. The number of amides is 2. The van der Waals surface area contributed by atoms with Gasteiger partial charge in [-0.05, 0) is 42.3 Å². The molecule has 1 aliphatic carbocycles. The van der Waals surface area contributed by atoms with Gasteiger partial charge in [0.15, 0.2) is 0 Å². The molecule has 8 heteroatoms. The molecule has 7 nitrogen and oxygen atoms in total. The SMILES string of the molecule is CNC(=O)O[C@H]1C[C@@]2(C1)C(=O)N(Cc1cc3cc(Cl)ccc3n1CCCC#N)c1ccccc12. The Morgan fingerprint density at radius 3 is 2.82 bits per heavy atom. The van der Waals surface area contributed by atoms with E-state index in [9.17, 15) is 9.59 Å². The van der Waals surface area contributed by atoms with Crippen molar-refractivity contribution in [2.45, 2.75) is 50.3 Å². The second-order valence-corrected chi connectivity index (χ2v) is 9.36. The van der Waals surface area contributed by atoms with Crippen molar-refractivity contribution in [1.29, 1.82) is 5.26 Å². The number of nitrogens with one attached hydrogen (secondary N) is 1. The molecule has 0 saturated heterocycles. The lowest BCUT2D eigenvalue weighted by molar-refractivity contribution is -0.131. The van der Waals surface area contributed by atoms with Crippen molar-refractivity contribution in [3.05, 3.63) is 64.8 Å². The number of fused-ring (bicyclic) bond motifs is 3. The number of alkyl carbamates (subject to hydrolysis) is 1. The zero-order valence-corrected chi connectivity index (χ0v) is 19.6. The maximum Gasteiger partial charge on any atom is 0.407 e. The number of nitriles is 1. The molecule has 0 bridgehead atoms. The van der Waals surface area contributed by atoms with Gasteiger partial charge in [0.25, 0.3) is 0 Å². The number of nitrogens with zero attached hydrogens (tertiary/aromatic N) is 3. The zero-order chi connectivity index (χ0) is 23.9. The first-order chi connectivity index (χ1) is 16.5. The number of aromatic nitrogens is 1. The molecule has 1 aromatic heterocycles. The van der Waals surface area contributed by atoms with E-state index in [2.05, 4.69) is 22.0 Å². The van der Waals surface area contributed by atoms with Gasteiger partial charge < -0.3 is 19.5 Å². The zero-order valence-electron chi connectivity index (χ0n) is 18.9. The number of benzene rings is 2. The molecule has 34 heavy (non-hydrogen) atoms. The van der Waals surface area contributed by atoms with Crippen LogP contribution < -0.4 is 10.2 Å². The van der Waals surface area contributed by atoms with E-state index < -0.39 is 11.5 Å². The third-order valence-corrected chi connectivity index (χ3v) is 7.17. The van der Waals surface area contributed by atoms with E-state index in [1.54, 1.807) is 0 Å². The molecular weight excluding hydrogens is 452 g/mol. The molecule has 0 radical (unpaired) electrons. The predicted molar refractivity (Wildman–Crippen MR) is 130 cm³/mol. The van der Waals surface area contributed by atoms with Crippen LogP contribution in [-0.4, -0.2) is 29.7 Å². The maximum absolute atomic E-state index is 13.8. The van der Waals surface area contributed by atoms with Crippen LogP contribution in [0.5, 0.6) is 0 Å². The molecule has 3 aromatic rings. The Balaban J connectivity index is 1.47. The van der Waals surface area contributed by atoms with E-state index in [1.807, 2.05) is 47.4 Å². The Labute approximate surface area is 202 Å². The van der Waals surface area contributed by atoms with E-state index >= 15 is 0 Å².